The van der Waals surface area contributed by atoms with Crippen LogP contribution in [0.1, 0.15) is 43.6 Å². The summed E-state index contributed by atoms with van der Waals surface area (Å²) in [6.45, 7) is 6.01. The highest BCUT2D eigenvalue weighted by atomic mass is 16.5. The molecule has 1 N–H and O–H groups in total. The van der Waals surface area contributed by atoms with Crippen LogP contribution in [-0.2, 0) is 4.74 Å². The minimum Gasteiger partial charge on any atom is -0.496 e. The van der Waals surface area contributed by atoms with Crippen molar-refractivity contribution in [3.05, 3.63) is 35.5 Å². The van der Waals surface area contributed by atoms with E-state index in [2.05, 4.69) is 25.2 Å². The van der Waals surface area contributed by atoms with Gasteiger partial charge in [-0.1, -0.05) is 6.92 Å². The van der Waals surface area contributed by atoms with Crippen molar-refractivity contribution in [1.29, 1.82) is 0 Å². The Morgan fingerprint density at radius 2 is 2.35 bits per heavy atom. The molecule has 94 valence electrons. The number of hydrogen-bond acceptors (Lipinski definition) is 3. The molecule has 1 aromatic heterocycles. The van der Waals surface area contributed by atoms with Crippen molar-refractivity contribution in [3.63, 3.8) is 0 Å². The first kappa shape index (κ1) is 12.2. The van der Waals surface area contributed by atoms with E-state index < -0.39 is 0 Å². The third-order valence-corrected chi connectivity index (χ3v) is 3.01. The molecule has 1 aliphatic heterocycles. The van der Waals surface area contributed by atoms with Gasteiger partial charge in [-0.05, 0) is 50.4 Å². The van der Waals surface area contributed by atoms with Crippen molar-refractivity contribution < 1.29 is 9.15 Å². The van der Waals surface area contributed by atoms with Crippen LogP contribution in [0, 0.1) is 6.92 Å². The van der Waals surface area contributed by atoms with E-state index in [4.69, 9.17) is 9.15 Å². The molecule has 0 amide bonds. The normalized spacial score (nSPS) is 17.4. The van der Waals surface area contributed by atoms with Gasteiger partial charge in [0.05, 0.1) is 12.9 Å². The van der Waals surface area contributed by atoms with Gasteiger partial charge in [-0.15, -0.1) is 0 Å². The second-order valence-corrected chi connectivity index (χ2v) is 4.45. The highest BCUT2D eigenvalue weighted by Crippen LogP contribution is 2.28. The fourth-order valence-electron chi connectivity index (χ4n) is 2.07. The van der Waals surface area contributed by atoms with E-state index in [1.54, 1.807) is 6.26 Å². The molecular weight excluding hydrogens is 214 g/mol. The minimum absolute atomic E-state index is 0.0743. The maximum atomic E-state index is 5.75. The molecule has 2 heterocycles. The lowest BCUT2D eigenvalue weighted by molar-refractivity contribution is 0.161. The van der Waals surface area contributed by atoms with Gasteiger partial charge in [0.15, 0.2) is 0 Å². The Kier molecular flexibility index (Phi) is 4.26. The van der Waals surface area contributed by atoms with Crippen molar-refractivity contribution in [1.82, 2.24) is 5.32 Å². The summed E-state index contributed by atoms with van der Waals surface area (Å²) in [4.78, 5) is 0. The first-order chi connectivity index (χ1) is 8.33. The van der Waals surface area contributed by atoms with Crippen molar-refractivity contribution in [2.45, 2.75) is 39.2 Å². The maximum absolute atomic E-state index is 5.75. The molecule has 1 unspecified atom stereocenters. The van der Waals surface area contributed by atoms with Crippen LogP contribution in [0.3, 0.4) is 0 Å². The van der Waals surface area contributed by atoms with E-state index in [1.807, 2.05) is 6.07 Å². The summed E-state index contributed by atoms with van der Waals surface area (Å²) < 4.78 is 11.3. The maximum Gasteiger partial charge on any atom is 0.131 e. The number of furan rings is 1. The quantitative estimate of drug-likeness (QED) is 0.850. The lowest BCUT2D eigenvalue weighted by Gasteiger charge is -2.23. The molecule has 0 radical (unpaired) electrons. The average molecular weight is 235 g/mol. The SMILES string of the molecule is CCCNC(C1=CCCCO1)c1occc1C. The molecule has 3 nitrogen and oxygen atoms in total. The summed E-state index contributed by atoms with van der Waals surface area (Å²) in [6, 6.07) is 2.07. The molecule has 17 heavy (non-hydrogen) atoms. The molecule has 3 heteroatoms. The molecule has 0 aromatic carbocycles. The summed E-state index contributed by atoms with van der Waals surface area (Å²) in [5.41, 5.74) is 1.17. The average Bonchev–Trinajstić information content (AvgIpc) is 2.78. The van der Waals surface area contributed by atoms with Crippen molar-refractivity contribution in [2.75, 3.05) is 13.2 Å². The van der Waals surface area contributed by atoms with Crippen LogP contribution in [0.4, 0.5) is 0 Å². The second kappa shape index (κ2) is 5.92. The Labute approximate surface area is 103 Å². The molecule has 1 aromatic rings. The Bertz CT molecular complexity index is 381. The summed E-state index contributed by atoms with van der Waals surface area (Å²) in [7, 11) is 0. The molecule has 1 atom stereocenters. The first-order valence-corrected chi connectivity index (χ1v) is 6.43. The lowest BCUT2D eigenvalue weighted by Crippen LogP contribution is -2.26. The Morgan fingerprint density at radius 1 is 1.47 bits per heavy atom. The van der Waals surface area contributed by atoms with E-state index >= 15 is 0 Å². The third-order valence-electron chi connectivity index (χ3n) is 3.01. The molecular formula is C14H21NO2. The van der Waals surface area contributed by atoms with Gasteiger partial charge >= 0.3 is 0 Å². The molecule has 0 spiro atoms. The zero-order chi connectivity index (χ0) is 12.1. The summed E-state index contributed by atoms with van der Waals surface area (Å²) >= 11 is 0. The molecule has 0 saturated carbocycles. The predicted octanol–water partition coefficient (Wildman–Crippen LogP) is 3.32. The van der Waals surface area contributed by atoms with Crippen molar-refractivity contribution in [3.8, 4) is 0 Å². The molecule has 0 bridgehead atoms. The second-order valence-electron chi connectivity index (χ2n) is 4.45. The van der Waals surface area contributed by atoms with Crippen LogP contribution in [0.5, 0.6) is 0 Å². The van der Waals surface area contributed by atoms with Crippen LogP contribution in [0.2, 0.25) is 0 Å². The van der Waals surface area contributed by atoms with E-state index in [9.17, 15) is 0 Å². The standard InChI is InChI=1S/C14H21NO2/c1-3-8-15-13(12-6-4-5-9-16-12)14-11(2)7-10-17-14/h6-7,10,13,15H,3-5,8-9H2,1-2H3. The third kappa shape index (κ3) is 2.91. The Morgan fingerprint density at radius 3 is 2.94 bits per heavy atom. The van der Waals surface area contributed by atoms with Crippen LogP contribution in [0.25, 0.3) is 0 Å². The topological polar surface area (TPSA) is 34.4 Å². The summed E-state index contributed by atoms with van der Waals surface area (Å²) in [6.07, 6.45) is 7.23. The lowest BCUT2D eigenvalue weighted by atomic mass is 10.1. The van der Waals surface area contributed by atoms with Crippen LogP contribution < -0.4 is 5.32 Å². The highest BCUT2D eigenvalue weighted by molar-refractivity contribution is 5.25. The fraction of sp³-hybridized carbons (Fsp3) is 0.571. The van der Waals surface area contributed by atoms with Crippen molar-refractivity contribution >= 4 is 0 Å². The van der Waals surface area contributed by atoms with E-state index in [0.717, 1.165) is 43.9 Å². The van der Waals surface area contributed by atoms with Gasteiger partial charge in [-0.2, -0.15) is 0 Å². The number of hydrogen-bond donors (Lipinski definition) is 1. The van der Waals surface area contributed by atoms with Crippen LogP contribution in [0.15, 0.2) is 28.6 Å². The number of nitrogens with one attached hydrogen (secondary N) is 1. The zero-order valence-corrected chi connectivity index (χ0v) is 10.7. The number of allylic oxidation sites excluding steroid dienone is 1. The number of ether oxygens (including phenoxy) is 1. The monoisotopic (exact) mass is 235 g/mol. The van der Waals surface area contributed by atoms with Gasteiger partial charge in [0.25, 0.3) is 0 Å². The van der Waals surface area contributed by atoms with Crippen LogP contribution >= 0.6 is 0 Å². The Balaban J connectivity index is 2.18. The molecule has 2 rings (SSSR count). The van der Waals surface area contributed by atoms with Gasteiger partial charge in [-0.3, -0.25) is 0 Å². The smallest absolute Gasteiger partial charge is 0.131 e. The molecule has 0 aliphatic carbocycles. The molecule has 0 saturated heterocycles. The minimum atomic E-state index is 0.0743. The van der Waals surface area contributed by atoms with E-state index in [1.165, 1.54) is 5.56 Å². The largest absolute Gasteiger partial charge is 0.496 e. The van der Waals surface area contributed by atoms with Gasteiger partial charge in [0.1, 0.15) is 17.6 Å². The van der Waals surface area contributed by atoms with E-state index in [0.29, 0.717) is 0 Å². The van der Waals surface area contributed by atoms with Gasteiger partial charge in [0, 0.05) is 0 Å². The zero-order valence-electron chi connectivity index (χ0n) is 10.7. The number of rotatable bonds is 5. The molecule has 0 fully saturated rings. The Hall–Kier alpha value is -1.22. The highest BCUT2D eigenvalue weighted by Gasteiger charge is 2.23. The van der Waals surface area contributed by atoms with Gasteiger partial charge in [0.2, 0.25) is 0 Å². The van der Waals surface area contributed by atoms with Gasteiger partial charge < -0.3 is 14.5 Å². The predicted molar refractivity (Wildman–Crippen MR) is 67.7 cm³/mol. The summed E-state index contributed by atoms with van der Waals surface area (Å²) in [5.74, 6) is 1.99. The van der Waals surface area contributed by atoms with Crippen LogP contribution in [-0.4, -0.2) is 13.2 Å². The first-order valence-electron chi connectivity index (χ1n) is 6.43. The van der Waals surface area contributed by atoms with Gasteiger partial charge in [-0.25, -0.2) is 0 Å². The van der Waals surface area contributed by atoms with E-state index in [-0.39, 0.29) is 6.04 Å². The van der Waals surface area contributed by atoms with Crippen molar-refractivity contribution in [2.24, 2.45) is 0 Å². The fourth-order valence-corrected chi connectivity index (χ4v) is 2.07. The summed E-state index contributed by atoms with van der Waals surface area (Å²) in [5, 5.41) is 3.50. The molecule has 1 aliphatic rings. The number of aryl methyl sites for hydroxylation is 1.